The summed E-state index contributed by atoms with van der Waals surface area (Å²) in [4.78, 5) is 4.39. The topological polar surface area (TPSA) is 54.9 Å². The maximum absolute atomic E-state index is 6.11. The van der Waals surface area contributed by atoms with E-state index in [1.165, 1.54) is 19.3 Å². The van der Waals surface area contributed by atoms with Gasteiger partial charge in [-0.2, -0.15) is 0 Å². The van der Waals surface area contributed by atoms with Crippen LogP contribution in [-0.2, 0) is 9.47 Å². The number of hydrogen-bond acceptors (Lipinski definition) is 5. The fraction of sp³-hybridized carbons (Fsp3) is 0.923. The first-order valence-electron chi connectivity index (χ1n) is 7.20. The molecule has 0 amide bonds. The van der Waals surface area contributed by atoms with Crippen molar-refractivity contribution in [3.63, 3.8) is 0 Å². The molecule has 2 heterocycles. The lowest BCUT2D eigenvalue weighted by molar-refractivity contribution is -0.186. The molecule has 3 rings (SSSR count). The first-order chi connectivity index (χ1) is 8.86. The quantitative estimate of drug-likeness (QED) is 0.771. The lowest BCUT2D eigenvalue weighted by atomic mass is 9.94. The summed E-state index contributed by atoms with van der Waals surface area (Å²) in [6.45, 7) is 3.42. The Morgan fingerprint density at radius 2 is 2.17 bits per heavy atom. The van der Waals surface area contributed by atoms with Gasteiger partial charge in [0.2, 0.25) is 0 Å². The molecule has 1 saturated heterocycles. The average Bonchev–Trinajstić information content (AvgIpc) is 2.82. The molecule has 0 aromatic rings. The molecular weight excluding hydrogens is 230 g/mol. The van der Waals surface area contributed by atoms with Crippen LogP contribution in [0.4, 0.5) is 0 Å². The van der Waals surface area contributed by atoms with Crippen LogP contribution in [-0.4, -0.2) is 44.1 Å². The van der Waals surface area contributed by atoms with Gasteiger partial charge in [-0.25, -0.2) is 0 Å². The van der Waals surface area contributed by atoms with E-state index >= 15 is 0 Å². The summed E-state index contributed by atoms with van der Waals surface area (Å²) in [5.41, 5.74) is 0. The number of ether oxygens (including phenoxy) is 2. The van der Waals surface area contributed by atoms with E-state index in [4.69, 9.17) is 9.47 Å². The number of aliphatic imine (C=N–C) groups is 1. The molecule has 0 bridgehead atoms. The second kappa shape index (κ2) is 5.45. The summed E-state index contributed by atoms with van der Waals surface area (Å²) in [6, 6.07) is 0. The number of rotatable bonds is 2. The van der Waals surface area contributed by atoms with Gasteiger partial charge in [0.05, 0.1) is 6.61 Å². The predicted molar refractivity (Wildman–Crippen MR) is 69.6 cm³/mol. The third-order valence-corrected chi connectivity index (χ3v) is 3.92. The molecule has 102 valence electrons. The Labute approximate surface area is 108 Å². The van der Waals surface area contributed by atoms with Gasteiger partial charge in [0.25, 0.3) is 0 Å². The summed E-state index contributed by atoms with van der Waals surface area (Å²) in [5, 5.41) is 6.58. The van der Waals surface area contributed by atoms with Crippen molar-refractivity contribution in [2.75, 3.05) is 26.2 Å². The third kappa shape index (κ3) is 2.78. The summed E-state index contributed by atoms with van der Waals surface area (Å²) in [5.74, 6) is 0.654. The predicted octanol–water partition coefficient (Wildman–Crippen LogP) is 1.00. The zero-order valence-electron chi connectivity index (χ0n) is 10.9. The molecule has 18 heavy (non-hydrogen) atoms. The van der Waals surface area contributed by atoms with E-state index in [2.05, 4.69) is 15.6 Å². The van der Waals surface area contributed by atoms with Gasteiger partial charge >= 0.3 is 0 Å². The maximum Gasteiger partial charge on any atom is 0.191 e. The van der Waals surface area contributed by atoms with Crippen molar-refractivity contribution in [1.29, 1.82) is 0 Å². The molecule has 1 atom stereocenters. The minimum absolute atomic E-state index is 0.162. The molecular formula is C13H23N3O2. The van der Waals surface area contributed by atoms with Gasteiger partial charge in [-0.3, -0.25) is 4.99 Å². The van der Waals surface area contributed by atoms with Crippen molar-refractivity contribution in [3.05, 3.63) is 0 Å². The van der Waals surface area contributed by atoms with Crippen LogP contribution < -0.4 is 10.6 Å². The lowest BCUT2D eigenvalue weighted by Crippen LogP contribution is -2.44. The molecule has 3 aliphatic rings. The van der Waals surface area contributed by atoms with Crippen LogP contribution in [0.25, 0.3) is 0 Å². The molecule has 2 fully saturated rings. The van der Waals surface area contributed by atoms with E-state index in [-0.39, 0.29) is 11.9 Å². The largest absolute Gasteiger partial charge is 0.356 e. The first-order valence-corrected chi connectivity index (χ1v) is 7.20. The Morgan fingerprint density at radius 3 is 2.94 bits per heavy atom. The number of nitrogens with zero attached hydrogens (tertiary/aromatic N) is 1. The van der Waals surface area contributed by atoms with Gasteiger partial charge in [0, 0.05) is 32.5 Å². The SMILES string of the molecule is C1CCC2(CC1)OCC(CNC1=NCCCN1)O2. The molecule has 1 saturated carbocycles. The van der Waals surface area contributed by atoms with E-state index in [1.807, 2.05) is 0 Å². The Morgan fingerprint density at radius 1 is 1.28 bits per heavy atom. The van der Waals surface area contributed by atoms with Gasteiger partial charge in [-0.15, -0.1) is 0 Å². The van der Waals surface area contributed by atoms with Crippen LogP contribution in [0.15, 0.2) is 4.99 Å². The summed E-state index contributed by atoms with van der Waals surface area (Å²) in [7, 11) is 0. The van der Waals surface area contributed by atoms with Crippen LogP contribution in [0.2, 0.25) is 0 Å². The Hall–Kier alpha value is -0.810. The van der Waals surface area contributed by atoms with E-state index in [9.17, 15) is 0 Å². The second-order valence-electron chi connectivity index (χ2n) is 5.41. The fourth-order valence-electron chi connectivity index (χ4n) is 2.93. The van der Waals surface area contributed by atoms with Gasteiger partial charge < -0.3 is 20.1 Å². The van der Waals surface area contributed by atoms with Crippen molar-refractivity contribution >= 4 is 5.96 Å². The first kappa shape index (κ1) is 12.2. The Kier molecular flexibility index (Phi) is 3.70. The van der Waals surface area contributed by atoms with E-state index in [1.54, 1.807) is 0 Å². The van der Waals surface area contributed by atoms with Crippen molar-refractivity contribution in [2.24, 2.45) is 4.99 Å². The van der Waals surface area contributed by atoms with Gasteiger partial charge in [-0.1, -0.05) is 6.42 Å². The van der Waals surface area contributed by atoms with Crippen LogP contribution in [0, 0.1) is 0 Å². The Balaban J connectivity index is 1.45. The minimum atomic E-state index is -0.258. The normalized spacial score (nSPS) is 30.9. The van der Waals surface area contributed by atoms with Crippen molar-refractivity contribution < 1.29 is 9.47 Å². The van der Waals surface area contributed by atoms with Gasteiger partial charge in [0.1, 0.15) is 6.10 Å². The van der Waals surface area contributed by atoms with Crippen molar-refractivity contribution in [1.82, 2.24) is 10.6 Å². The highest BCUT2D eigenvalue weighted by Gasteiger charge is 2.42. The number of hydrogen-bond donors (Lipinski definition) is 2. The highest BCUT2D eigenvalue weighted by Crippen LogP contribution is 2.37. The number of guanidine groups is 1. The standard InChI is InChI=1S/C13H23N3O2/c1-2-5-13(6-3-1)17-10-11(18-13)9-16-12-14-7-4-8-15-12/h11H,1-10H2,(H2,14,15,16). The molecule has 0 radical (unpaired) electrons. The molecule has 2 aliphatic heterocycles. The Bertz CT molecular complexity index is 313. The van der Waals surface area contributed by atoms with Crippen molar-refractivity contribution in [2.45, 2.75) is 50.4 Å². The van der Waals surface area contributed by atoms with Gasteiger partial charge in [0.15, 0.2) is 11.7 Å². The molecule has 0 aromatic heterocycles. The van der Waals surface area contributed by atoms with Crippen LogP contribution in [0.1, 0.15) is 38.5 Å². The zero-order chi connectivity index (χ0) is 12.3. The van der Waals surface area contributed by atoms with Gasteiger partial charge in [-0.05, 0) is 19.3 Å². The summed E-state index contributed by atoms with van der Waals surface area (Å²) >= 11 is 0. The lowest BCUT2D eigenvalue weighted by Gasteiger charge is -2.31. The highest BCUT2D eigenvalue weighted by molar-refractivity contribution is 5.80. The molecule has 0 aromatic carbocycles. The third-order valence-electron chi connectivity index (χ3n) is 3.92. The molecule has 5 heteroatoms. The molecule has 1 aliphatic carbocycles. The smallest absolute Gasteiger partial charge is 0.191 e. The van der Waals surface area contributed by atoms with E-state index < -0.39 is 0 Å². The minimum Gasteiger partial charge on any atom is -0.356 e. The zero-order valence-corrected chi connectivity index (χ0v) is 10.9. The average molecular weight is 253 g/mol. The second-order valence-corrected chi connectivity index (χ2v) is 5.41. The van der Waals surface area contributed by atoms with E-state index in [0.29, 0.717) is 6.61 Å². The number of nitrogens with one attached hydrogen (secondary N) is 2. The highest BCUT2D eigenvalue weighted by atomic mass is 16.7. The maximum atomic E-state index is 6.11. The van der Waals surface area contributed by atoms with Crippen LogP contribution >= 0.6 is 0 Å². The monoisotopic (exact) mass is 253 g/mol. The van der Waals surface area contributed by atoms with Crippen LogP contribution in [0.3, 0.4) is 0 Å². The van der Waals surface area contributed by atoms with Crippen LogP contribution in [0.5, 0.6) is 0 Å². The molecule has 2 N–H and O–H groups in total. The molecule has 1 unspecified atom stereocenters. The molecule has 5 nitrogen and oxygen atoms in total. The van der Waals surface area contributed by atoms with E-state index in [0.717, 1.165) is 44.9 Å². The van der Waals surface area contributed by atoms with Crippen molar-refractivity contribution in [3.8, 4) is 0 Å². The molecule has 1 spiro atoms. The summed E-state index contributed by atoms with van der Waals surface area (Å²) < 4.78 is 12.0. The summed E-state index contributed by atoms with van der Waals surface area (Å²) in [6.07, 6.45) is 7.18. The fourth-order valence-corrected chi connectivity index (χ4v) is 2.93.